The summed E-state index contributed by atoms with van der Waals surface area (Å²) in [7, 11) is 4.09. The van der Waals surface area contributed by atoms with Crippen LogP contribution in [0.1, 0.15) is 22.3 Å². The monoisotopic (exact) mass is 247 g/mol. The lowest BCUT2D eigenvalue weighted by Crippen LogP contribution is -2.39. The molecule has 0 unspecified atom stereocenters. The average molecular weight is 247 g/mol. The number of hydrogen-bond donors (Lipinski definition) is 1. The highest BCUT2D eigenvalue weighted by molar-refractivity contribution is 6.01. The van der Waals surface area contributed by atoms with Crippen molar-refractivity contribution in [1.82, 2.24) is 9.80 Å². The molecule has 4 nitrogen and oxygen atoms in total. The van der Waals surface area contributed by atoms with E-state index in [9.17, 15) is 4.79 Å². The van der Waals surface area contributed by atoms with Gasteiger partial charge in [0.15, 0.2) is 0 Å². The first-order valence-corrected chi connectivity index (χ1v) is 6.41. The standard InChI is InChI=1S/C14H21N3O/c1-16(2)8-4-9-17-10-7-11-5-3-6-12(15)13(11)14(17)18/h3,5-6H,4,7-10,15H2,1-2H3. The maximum atomic E-state index is 12.3. The third kappa shape index (κ3) is 2.64. The van der Waals surface area contributed by atoms with Crippen LogP contribution >= 0.6 is 0 Å². The van der Waals surface area contributed by atoms with Crippen molar-refractivity contribution in [1.29, 1.82) is 0 Å². The molecule has 1 heterocycles. The van der Waals surface area contributed by atoms with E-state index < -0.39 is 0 Å². The predicted molar refractivity (Wildman–Crippen MR) is 73.6 cm³/mol. The van der Waals surface area contributed by atoms with E-state index in [1.54, 1.807) is 6.07 Å². The predicted octanol–water partition coefficient (Wildman–Crippen LogP) is 1.22. The first-order valence-electron chi connectivity index (χ1n) is 6.41. The van der Waals surface area contributed by atoms with Gasteiger partial charge < -0.3 is 15.5 Å². The van der Waals surface area contributed by atoms with Crippen molar-refractivity contribution >= 4 is 11.6 Å². The summed E-state index contributed by atoms with van der Waals surface area (Å²) in [5, 5.41) is 0. The number of carbonyl (C=O) groups is 1. The lowest BCUT2D eigenvalue weighted by Gasteiger charge is -2.29. The SMILES string of the molecule is CN(C)CCCN1CCc2cccc(N)c2C1=O. The highest BCUT2D eigenvalue weighted by Crippen LogP contribution is 2.24. The van der Waals surface area contributed by atoms with Gasteiger partial charge in [0.25, 0.3) is 5.91 Å². The van der Waals surface area contributed by atoms with Crippen LogP contribution in [-0.2, 0) is 6.42 Å². The van der Waals surface area contributed by atoms with Crippen molar-refractivity contribution in [2.24, 2.45) is 0 Å². The first kappa shape index (κ1) is 12.9. The Labute approximate surface area is 108 Å². The molecule has 0 spiro atoms. The minimum atomic E-state index is 0.0908. The summed E-state index contributed by atoms with van der Waals surface area (Å²) in [6.45, 7) is 2.62. The fourth-order valence-corrected chi connectivity index (χ4v) is 2.40. The Morgan fingerprint density at radius 3 is 2.89 bits per heavy atom. The Hall–Kier alpha value is -1.55. The Morgan fingerprint density at radius 1 is 1.39 bits per heavy atom. The van der Waals surface area contributed by atoms with Gasteiger partial charge in [-0.25, -0.2) is 0 Å². The molecule has 1 aliphatic heterocycles. The number of nitrogens with two attached hydrogens (primary N) is 1. The number of amides is 1. The Kier molecular flexibility index (Phi) is 3.87. The van der Waals surface area contributed by atoms with Crippen LogP contribution in [0, 0.1) is 0 Å². The summed E-state index contributed by atoms with van der Waals surface area (Å²) in [6.07, 6.45) is 1.91. The van der Waals surface area contributed by atoms with Crippen molar-refractivity contribution in [2.45, 2.75) is 12.8 Å². The van der Waals surface area contributed by atoms with Gasteiger partial charge in [0.05, 0.1) is 5.56 Å². The van der Waals surface area contributed by atoms with Gasteiger partial charge >= 0.3 is 0 Å². The molecule has 2 rings (SSSR count). The van der Waals surface area contributed by atoms with Gasteiger partial charge in [0.1, 0.15) is 0 Å². The highest BCUT2D eigenvalue weighted by atomic mass is 16.2. The zero-order valence-electron chi connectivity index (χ0n) is 11.1. The summed E-state index contributed by atoms with van der Waals surface area (Å²) >= 11 is 0. The van der Waals surface area contributed by atoms with Crippen molar-refractivity contribution < 1.29 is 4.79 Å². The number of hydrogen-bond acceptors (Lipinski definition) is 3. The molecule has 0 saturated heterocycles. The molecule has 18 heavy (non-hydrogen) atoms. The molecule has 1 aliphatic rings. The Morgan fingerprint density at radius 2 is 2.17 bits per heavy atom. The second kappa shape index (κ2) is 5.40. The quantitative estimate of drug-likeness (QED) is 0.814. The van der Waals surface area contributed by atoms with E-state index >= 15 is 0 Å². The Bertz CT molecular complexity index is 443. The van der Waals surface area contributed by atoms with Gasteiger partial charge in [-0.2, -0.15) is 0 Å². The minimum absolute atomic E-state index is 0.0908. The fraction of sp³-hybridized carbons (Fsp3) is 0.500. The van der Waals surface area contributed by atoms with Crippen molar-refractivity contribution in [3.05, 3.63) is 29.3 Å². The lowest BCUT2D eigenvalue weighted by molar-refractivity contribution is 0.0735. The molecule has 0 radical (unpaired) electrons. The van der Waals surface area contributed by atoms with Crippen LogP contribution in [0.15, 0.2) is 18.2 Å². The van der Waals surface area contributed by atoms with E-state index in [0.717, 1.165) is 38.0 Å². The van der Waals surface area contributed by atoms with Crippen molar-refractivity contribution in [2.75, 3.05) is 39.5 Å². The van der Waals surface area contributed by atoms with Crippen LogP contribution in [0.25, 0.3) is 0 Å². The van der Waals surface area contributed by atoms with Gasteiger partial charge in [-0.3, -0.25) is 4.79 Å². The van der Waals surface area contributed by atoms with Gasteiger partial charge in [0.2, 0.25) is 0 Å². The summed E-state index contributed by atoms with van der Waals surface area (Å²) in [5.41, 5.74) is 8.32. The van der Waals surface area contributed by atoms with Crippen LogP contribution in [0.3, 0.4) is 0 Å². The number of benzene rings is 1. The molecule has 1 amide bonds. The van der Waals surface area contributed by atoms with Crippen LogP contribution < -0.4 is 5.73 Å². The minimum Gasteiger partial charge on any atom is -0.398 e. The molecule has 2 N–H and O–H groups in total. The molecule has 0 aromatic heterocycles. The van der Waals surface area contributed by atoms with E-state index in [2.05, 4.69) is 4.90 Å². The van der Waals surface area contributed by atoms with E-state index in [1.807, 2.05) is 31.1 Å². The van der Waals surface area contributed by atoms with Gasteiger partial charge in [-0.1, -0.05) is 12.1 Å². The topological polar surface area (TPSA) is 49.6 Å². The van der Waals surface area contributed by atoms with E-state index in [0.29, 0.717) is 11.3 Å². The van der Waals surface area contributed by atoms with Crippen LogP contribution in [-0.4, -0.2) is 49.4 Å². The zero-order chi connectivity index (χ0) is 13.1. The van der Waals surface area contributed by atoms with E-state index in [1.165, 1.54) is 0 Å². The third-order valence-corrected chi connectivity index (χ3v) is 3.37. The van der Waals surface area contributed by atoms with Crippen molar-refractivity contribution in [3.63, 3.8) is 0 Å². The summed E-state index contributed by atoms with van der Waals surface area (Å²) in [4.78, 5) is 16.4. The maximum Gasteiger partial charge on any atom is 0.256 e. The molecule has 0 saturated carbocycles. The van der Waals surface area contributed by atoms with Crippen molar-refractivity contribution in [3.8, 4) is 0 Å². The number of fused-ring (bicyclic) bond motifs is 1. The number of nitrogens with zero attached hydrogens (tertiary/aromatic N) is 2. The molecule has 0 fully saturated rings. The number of nitrogen functional groups attached to an aromatic ring is 1. The molecule has 1 aromatic carbocycles. The second-order valence-corrected chi connectivity index (χ2v) is 5.08. The van der Waals surface area contributed by atoms with E-state index in [4.69, 9.17) is 5.73 Å². The molecule has 0 aliphatic carbocycles. The normalized spacial score (nSPS) is 15.1. The molecular formula is C14H21N3O. The molecule has 0 atom stereocenters. The number of rotatable bonds is 4. The molecule has 0 bridgehead atoms. The largest absolute Gasteiger partial charge is 0.398 e. The second-order valence-electron chi connectivity index (χ2n) is 5.08. The summed E-state index contributed by atoms with van der Waals surface area (Å²) in [5.74, 6) is 0.0908. The fourth-order valence-electron chi connectivity index (χ4n) is 2.40. The summed E-state index contributed by atoms with van der Waals surface area (Å²) < 4.78 is 0. The smallest absolute Gasteiger partial charge is 0.256 e. The van der Waals surface area contributed by atoms with E-state index in [-0.39, 0.29) is 5.91 Å². The van der Waals surface area contributed by atoms with Crippen LogP contribution in [0.5, 0.6) is 0 Å². The molecule has 4 heteroatoms. The summed E-state index contributed by atoms with van der Waals surface area (Å²) in [6, 6.07) is 5.73. The zero-order valence-corrected chi connectivity index (χ0v) is 11.1. The van der Waals surface area contributed by atoms with Gasteiger partial charge in [-0.15, -0.1) is 0 Å². The van der Waals surface area contributed by atoms with Gasteiger partial charge in [-0.05, 0) is 45.1 Å². The lowest BCUT2D eigenvalue weighted by atomic mass is 9.97. The average Bonchev–Trinajstić information content (AvgIpc) is 2.32. The molecule has 98 valence electrons. The van der Waals surface area contributed by atoms with Gasteiger partial charge in [0, 0.05) is 18.8 Å². The van der Waals surface area contributed by atoms with Crippen LogP contribution in [0.2, 0.25) is 0 Å². The van der Waals surface area contributed by atoms with Crippen LogP contribution in [0.4, 0.5) is 5.69 Å². The number of anilines is 1. The Balaban J connectivity index is 2.06. The molecular weight excluding hydrogens is 226 g/mol. The number of carbonyl (C=O) groups excluding carboxylic acids is 1. The highest BCUT2D eigenvalue weighted by Gasteiger charge is 2.25. The first-order chi connectivity index (χ1) is 8.59. The maximum absolute atomic E-state index is 12.3. The third-order valence-electron chi connectivity index (χ3n) is 3.37. The molecule has 1 aromatic rings.